The Kier molecular flexibility index (Phi) is 31.0. The fraction of sp³-hybridized carbons (Fsp3) is 0.846. The lowest BCUT2D eigenvalue weighted by atomic mass is 10.1. The molecule has 0 saturated carbocycles. The number of alkyl halides is 2. The van der Waals surface area contributed by atoms with Gasteiger partial charge < -0.3 is 14.2 Å². The summed E-state index contributed by atoms with van der Waals surface area (Å²) in [6, 6.07) is 0. The summed E-state index contributed by atoms with van der Waals surface area (Å²) in [7, 11) is 0. The molecular formula is C26H48I2O3. The SMILES string of the molecule is ICCCCCCCCCCOC=CCOCC=COCCCCCCCCCCI. The van der Waals surface area contributed by atoms with Crippen molar-refractivity contribution < 1.29 is 14.2 Å². The lowest BCUT2D eigenvalue weighted by Gasteiger charge is -2.03. The average Bonchev–Trinajstić information content (AvgIpc) is 2.78. The van der Waals surface area contributed by atoms with E-state index < -0.39 is 0 Å². The first-order chi connectivity index (χ1) is 15.4. The monoisotopic (exact) mass is 662 g/mol. The Balaban J connectivity index is 3.14. The second-order valence-corrected chi connectivity index (χ2v) is 10.2. The Morgan fingerprint density at radius 1 is 0.419 bits per heavy atom. The van der Waals surface area contributed by atoms with Gasteiger partial charge in [-0.3, -0.25) is 0 Å². The second-order valence-electron chi connectivity index (χ2n) is 8.06. The van der Waals surface area contributed by atoms with Crippen molar-refractivity contribution in [3.05, 3.63) is 24.7 Å². The second kappa shape index (κ2) is 30.5. The third kappa shape index (κ3) is 30.5. The normalized spacial score (nSPS) is 11.7. The van der Waals surface area contributed by atoms with Gasteiger partial charge >= 0.3 is 0 Å². The van der Waals surface area contributed by atoms with Crippen LogP contribution in [0.5, 0.6) is 0 Å². The van der Waals surface area contributed by atoms with Gasteiger partial charge in [0.15, 0.2) is 0 Å². The van der Waals surface area contributed by atoms with Gasteiger partial charge in [-0.2, -0.15) is 0 Å². The standard InChI is InChI=1S/C26H48I2O3/c27-19-13-9-5-1-3-7-11-15-21-29-23-17-25-31-26-18-24-30-22-16-12-8-4-2-6-10-14-20-28/h17-18,23-24H,1-16,19-22,25-26H2. The minimum Gasteiger partial charge on any atom is -0.501 e. The van der Waals surface area contributed by atoms with Crippen LogP contribution in [0.3, 0.4) is 0 Å². The zero-order valence-electron chi connectivity index (χ0n) is 19.8. The molecule has 0 bridgehead atoms. The van der Waals surface area contributed by atoms with E-state index in [4.69, 9.17) is 14.2 Å². The van der Waals surface area contributed by atoms with Gasteiger partial charge in [0.2, 0.25) is 0 Å². The molecule has 0 fully saturated rings. The average molecular weight is 662 g/mol. The van der Waals surface area contributed by atoms with Gasteiger partial charge in [0.1, 0.15) is 0 Å². The molecule has 0 N–H and O–H groups in total. The van der Waals surface area contributed by atoms with Crippen LogP contribution in [0.1, 0.15) is 103 Å². The molecule has 0 aromatic carbocycles. The molecule has 0 aromatic heterocycles. The van der Waals surface area contributed by atoms with Crippen LogP contribution in [0.15, 0.2) is 24.7 Å². The molecule has 0 saturated heterocycles. The van der Waals surface area contributed by atoms with Gasteiger partial charge in [-0.15, -0.1) is 0 Å². The molecule has 184 valence electrons. The van der Waals surface area contributed by atoms with Crippen LogP contribution in [0.4, 0.5) is 0 Å². The van der Waals surface area contributed by atoms with Crippen molar-refractivity contribution in [2.45, 2.75) is 103 Å². The molecule has 5 heteroatoms. The summed E-state index contributed by atoms with van der Waals surface area (Å²) in [6.45, 7) is 2.80. The predicted molar refractivity (Wildman–Crippen MR) is 153 cm³/mol. The van der Waals surface area contributed by atoms with Gasteiger partial charge in [-0.1, -0.05) is 122 Å². The summed E-state index contributed by atoms with van der Waals surface area (Å²) in [5.41, 5.74) is 0. The number of hydrogen-bond acceptors (Lipinski definition) is 3. The van der Waals surface area contributed by atoms with Crippen LogP contribution in [0.2, 0.25) is 0 Å². The van der Waals surface area contributed by atoms with E-state index in [0.29, 0.717) is 13.2 Å². The Bertz CT molecular complexity index is 342. The quantitative estimate of drug-likeness (QED) is 0.0400. The first-order valence-corrected chi connectivity index (χ1v) is 15.7. The zero-order valence-corrected chi connectivity index (χ0v) is 24.2. The first kappa shape index (κ1) is 31.5. The molecule has 0 aromatic rings. The number of halogens is 2. The number of hydrogen-bond donors (Lipinski definition) is 0. The van der Waals surface area contributed by atoms with Gasteiger partial charge in [-0.25, -0.2) is 0 Å². The highest BCUT2D eigenvalue weighted by molar-refractivity contribution is 14.1. The van der Waals surface area contributed by atoms with Crippen molar-refractivity contribution >= 4 is 45.2 Å². The van der Waals surface area contributed by atoms with E-state index in [0.717, 1.165) is 26.1 Å². The third-order valence-electron chi connectivity index (χ3n) is 5.10. The Labute approximate surface area is 220 Å². The summed E-state index contributed by atoms with van der Waals surface area (Å²) in [6.07, 6.45) is 28.9. The topological polar surface area (TPSA) is 27.7 Å². The zero-order chi connectivity index (χ0) is 22.5. The molecule has 0 aliphatic heterocycles. The summed E-state index contributed by atoms with van der Waals surface area (Å²) in [5, 5.41) is 0. The molecule has 3 nitrogen and oxygen atoms in total. The molecule has 0 aliphatic carbocycles. The van der Waals surface area contributed by atoms with E-state index in [1.165, 1.54) is 98.7 Å². The summed E-state index contributed by atoms with van der Waals surface area (Å²) in [4.78, 5) is 0. The van der Waals surface area contributed by atoms with Crippen molar-refractivity contribution in [1.29, 1.82) is 0 Å². The summed E-state index contributed by atoms with van der Waals surface area (Å²) < 4.78 is 19.1. The van der Waals surface area contributed by atoms with Crippen molar-refractivity contribution in [2.24, 2.45) is 0 Å². The molecule has 0 atom stereocenters. The highest BCUT2D eigenvalue weighted by Gasteiger charge is 1.93. The number of unbranched alkanes of at least 4 members (excludes halogenated alkanes) is 14. The summed E-state index contributed by atoms with van der Waals surface area (Å²) in [5.74, 6) is 0. The Morgan fingerprint density at radius 2 is 0.742 bits per heavy atom. The Morgan fingerprint density at radius 3 is 1.10 bits per heavy atom. The van der Waals surface area contributed by atoms with Crippen molar-refractivity contribution in [3.8, 4) is 0 Å². The third-order valence-corrected chi connectivity index (χ3v) is 6.63. The molecule has 0 unspecified atom stereocenters. The van der Waals surface area contributed by atoms with Crippen LogP contribution in [-0.4, -0.2) is 35.3 Å². The molecule has 0 spiro atoms. The molecule has 0 amide bonds. The highest BCUT2D eigenvalue weighted by Crippen LogP contribution is 2.10. The van der Waals surface area contributed by atoms with E-state index in [1.54, 1.807) is 12.5 Å². The predicted octanol–water partition coefficient (Wildman–Crippen LogP) is 9.18. The molecule has 0 heterocycles. The van der Waals surface area contributed by atoms with Gasteiger partial charge in [0, 0.05) is 0 Å². The fourth-order valence-electron chi connectivity index (χ4n) is 3.24. The van der Waals surface area contributed by atoms with Crippen LogP contribution >= 0.6 is 45.2 Å². The van der Waals surface area contributed by atoms with E-state index in [-0.39, 0.29) is 0 Å². The van der Waals surface area contributed by atoms with Gasteiger partial charge in [-0.05, 0) is 46.7 Å². The minimum absolute atomic E-state index is 0.583. The Hall–Kier alpha value is 0.500. The van der Waals surface area contributed by atoms with E-state index in [2.05, 4.69) is 45.2 Å². The molecule has 31 heavy (non-hydrogen) atoms. The molecule has 0 radical (unpaired) electrons. The van der Waals surface area contributed by atoms with Crippen molar-refractivity contribution in [2.75, 3.05) is 35.3 Å². The smallest absolute Gasteiger partial charge is 0.0873 e. The lowest BCUT2D eigenvalue weighted by molar-refractivity contribution is 0.181. The fourth-order valence-corrected chi connectivity index (χ4v) is 4.31. The highest BCUT2D eigenvalue weighted by atomic mass is 127. The summed E-state index contributed by atoms with van der Waals surface area (Å²) >= 11 is 4.93. The molecule has 0 aliphatic rings. The van der Waals surface area contributed by atoms with E-state index in [9.17, 15) is 0 Å². The maximum Gasteiger partial charge on any atom is 0.0873 e. The van der Waals surface area contributed by atoms with Gasteiger partial charge in [0.05, 0.1) is 39.0 Å². The number of ether oxygens (including phenoxy) is 3. The minimum atomic E-state index is 0.583. The van der Waals surface area contributed by atoms with E-state index in [1.807, 2.05) is 12.2 Å². The maximum atomic E-state index is 5.51. The van der Waals surface area contributed by atoms with E-state index >= 15 is 0 Å². The van der Waals surface area contributed by atoms with Crippen LogP contribution < -0.4 is 0 Å². The maximum absolute atomic E-state index is 5.51. The lowest BCUT2D eigenvalue weighted by Crippen LogP contribution is -1.93. The van der Waals surface area contributed by atoms with Crippen molar-refractivity contribution in [1.82, 2.24) is 0 Å². The van der Waals surface area contributed by atoms with Crippen LogP contribution in [0, 0.1) is 0 Å². The molecule has 0 rings (SSSR count). The first-order valence-electron chi connectivity index (χ1n) is 12.6. The van der Waals surface area contributed by atoms with Crippen LogP contribution in [-0.2, 0) is 14.2 Å². The van der Waals surface area contributed by atoms with Crippen LogP contribution in [0.25, 0.3) is 0 Å². The number of rotatable bonds is 26. The van der Waals surface area contributed by atoms with Crippen molar-refractivity contribution in [3.63, 3.8) is 0 Å². The largest absolute Gasteiger partial charge is 0.501 e. The molecular weight excluding hydrogens is 614 g/mol. The van der Waals surface area contributed by atoms with Gasteiger partial charge in [0.25, 0.3) is 0 Å².